The van der Waals surface area contributed by atoms with Gasteiger partial charge in [0.2, 0.25) is 5.91 Å². The molecule has 32 heavy (non-hydrogen) atoms. The quantitative estimate of drug-likeness (QED) is 0.678. The van der Waals surface area contributed by atoms with E-state index in [1.165, 1.54) is 17.0 Å². The fourth-order valence-corrected chi connectivity index (χ4v) is 4.26. The molecule has 172 valence electrons. The van der Waals surface area contributed by atoms with Crippen molar-refractivity contribution in [3.63, 3.8) is 0 Å². The van der Waals surface area contributed by atoms with E-state index in [1.807, 2.05) is 4.90 Å². The summed E-state index contributed by atoms with van der Waals surface area (Å²) in [6.07, 6.45) is 1.96. The molecular weight excluding hydrogens is 415 g/mol. The van der Waals surface area contributed by atoms with E-state index in [2.05, 4.69) is 10.2 Å². The third kappa shape index (κ3) is 4.62. The molecule has 1 aromatic carbocycles. The molecule has 0 unspecified atom stereocenters. The van der Waals surface area contributed by atoms with Gasteiger partial charge in [-0.3, -0.25) is 14.6 Å². The number of urea groups is 1. The van der Waals surface area contributed by atoms with E-state index in [4.69, 9.17) is 4.74 Å². The van der Waals surface area contributed by atoms with Gasteiger partial charge in [0.1, 0.15) is 5.82 Å². The zero-order chi connectivity index (χ0) is 22.8. The predicted molar refractivity (Wildman–Crippen MR) is 115 cm³/mol. The van der Waals surface area contributed by atoms with Crippen LogP contribution in [-0.2, 0) is 14.3 Å². The number of nitrogens with zero attached hydrogens (tertiary/aromatic N) is 3. The molecule has 0 radical (unpaired) electrons. The van der Waals surface area contributed by atoms with Crippen molar-refractivity contribution in [3.8, 4) is 0 Å². The van der Waals surface area contributed by atoms with Crippen molar-refractivity contribution in [1.29, 1.82) is 0 Å². The van der Waals surface area contributed by atoms with Gasteiger partial charge in [-0.2, -0.15) is 0 Å². The van der Waals surface area contributed by atoms with Crippen LogP contribution in [0.2, 0.25) is 0 Å². The number of likely N-dealkylation sites (N-methyl/N-ethyl adjacent to an activating group) is 1. The molecular formula is C23H29FN4O4. The van der Waals surface area contributed by atoms with Gasteiger partial charge in [-0.1, -0.05) is 12.1 Å². The Morgan fingerprint density at radius 2 is 1.91 bits per heavy atom. The molecule has 4 rings (SSSR count). The van der Waals surface area contributed by atoms with Crippen molar-refractivity contribution in [2.24, 2.45) is 5.92 Å². The summed E-state index contributed by atoms with van der Waals surface area (Å²) in [5, 5.41) is 2.80. The average molecular weight is 445 g/mol. The number of ether oxygens (including phenoxy) is 1. The van der Waals surface area contributed by atoms with Crippen LogP contribution in [0.5, 0.6) is 0 Å². The standard InChI is InChI=1S/C23H29FN4O4/c1-3-32-22(30)19-18(14-27-9-11-28(12-10-27)21(29)15-7-8-15)26(2)23(31)25-20(19)16-5-4-6-17(24)13-16/h4-6,13,15,20H,3,7-12,14H2,1-2H3,(H,25,31)/t20-/m1/s1. The van der Waals surface area contributed by atoms with E-state index in [0.717, 1.165) is 12.8 Å². The van der Waals surface area contributed by atoms with Crippen LogP contribution < -0.4 is 5.32 Å². The number of esters is 1. The molecule has 2 fully saturated rings. The summed E-state index contributed by atoms with van der Waals surface area (Å²) in [7, 11) is 1.61. The lowest BCUT2D eigenvalue weighted by Gasteiger charge is -2.39. The van der Waals surface area contributed by atoms with Crippen LogP contribution in [0.3, 0.4) is 0 Å². The Bertz CT molecular complexity index is 938. The Balaban J connectivity index is 1.60. The van der Waals surface area contributed by atoms with Crippen LogP contribution in [-0.4, -0.2) is 79.0 Å². The Hall–Kier alpha value is -2.94. The summed E-state index contributed by atoms with van der Waals surface area (Å²) in [5.74, 6) is -0.556. The number of nitrogens with one attached hydrogen (secondary N) is 1. The van der Waals surface area contributed by atoms with Gasteiger partial charge >= 0.3 is 12.0 Å². The van der Waals surface area contributed by atoms with Gasteiger partial charge < -0.3 is 15.0 Å². The largest absolute Gasteiger partial charge is 0.463 e. The highest BCUT2D eigenvalue weighted by molar-refractivity contribution is 5.95. The van der Waals surface area contributed by atoms with Gasteiger partial charge in [0.25, 0.3) is 0 Å². The molecule has 0 bridgehead atoms. The monoisotopic (exact) mass is 444 g/mol. The number of amides is 3. The van der Waals surface area contributed by atoms with Gasteiger partial charge in [0.05, 0.1) is 18.2 Å². The normalized spacial score (nSPS) is 22.1. The molecule has 8 nitrogen and oxygen atoms in total. The van der Waals surface area contributed by atoms with Crippen LogP contribution in [0.1, 0.15) is 31.4 Å². The molecule has 0 spiro atoms. The van der Waals surface area contributed by atoms with Crippen LogP contribution in [0.25, 0.3) is 0 Å². The molecule has 9 heteroatoms. The van der Waals surface area contributed by atoms with Gasteiger partial charge in [-0.05, 0) is 37.5 Å². The Kier molecular flexibility index (Phi) is 6.45. The van der Waals surface area contributed by atoms with Crippen molar-refractivity contribution >= 4 is 17.9 Å². The number of rotatable bonds is 6. The van der Waals surface area contributed by atoms with Crippen molar-refractivity contribution < 1.29 is 23.5 Å². The topological polar surface area (TPSA) is 82.2 Å². The SMILES string of the molecule is CCOC(=O)C1=C(CN2CCN(C(=O)C3CC3)CC2)N(C)C(=O)N[C@@H]1c1cccc(F)c1. The predicted octanol–water partition coefficient (Wildman–Crippen LogP) is 1.89. The highest BCUT2D eigenvalue weighted by atomic mass is 19.1. The summed E-state index contributed by atoms with van der Waals surface area (Å²) in [6.45, 7) is 4.81. The van der Waals surface area contributed by atoms with Crippen LogP contribution >= 0.6 is 0 Å². The number of hydrogen-bond donors (Lipinski definition) is 1. The second-order valence-electron chi connectivity index (χ2n) is 8.45. The summed E-state index contributed by atoms with van der Waals surface area (Å²) in [5.41, 5.74) is 1.31. The van der Waals surface area contributed by atoms with Crippen LogP contribution in [0.4, 0.5) is 9.18 Å². The molecule has 2 heterocycles. The van der Waals surface area contributed by atoms with E-state index >= 15 is 0 Å². The smallest absolute Gasteiger partial charge is 0.338 e. The fourth-order valence-electron chi connectivity index (χ4n) is 4.26. The number of piperazine rings is 1. The minimum atomic E-state index is -0.804. The van der Waals surface area contributed by atoms with Crippen molar-refractivity contribution in [2.45, 2.75) is 25.8 Å². The summed E-state index contributed by atoms with van der Waals surface area (Å²) >= 11 is 0. The lowest BCUT2D eigenvalue weighted by Crippen LogP contribution is -2.53. The van der Waals surface area contributed by atoms with Crippen LogP contribution in [0.15, 0.2) is 35.5 Å². The zero-order valence-electron chi connectivity index (χ0n) is 18.5. The number of hydrogen-bond acceptors (Lipinski definition) is 5. The van der Waals surface area contributed by atoms with Crippen molar-refractivity contribution in [3.05, 3.63) is 46.9 Å². The average Bonchev–Trinajstić information content (AvgIpc) is 3.62. The molecule has 1 saturated carbocycles. The van der Waals surface area contributed by atoms with Gasteiger partial charge in [0, 0.05) is 51.4 Å². The first-order chi connectivity index (χ1) is 15.4. The number of carbonyl (C=O) groups excluding carboxylic acids is 3. The third-order valence-corrected chi connectivity index (χ3v) is 6.24. The summed E-state index contributed by atoms with van der Waals surface area (Å²) in [4.78, 5) is 43.5. The van der Waals surface area contributed by atoms with Crippen molar-refractivity contribution in [2.75, 3.05) is 46.4 Å². The number of carbonyl (C=O) groups is 3. The third-order valence-electron chi connectivity index (χ3n) is 6.24. The first-order valence-corrected chi connectivity index (χ1v) is 11.1. The van der Waals surface area contributed by atoms with Gasteiger partial charge in [-0.15, -0.1) is 0 Å². The molecule has 0 aromatic heterocycles. The minimum Gasteiger partial charge on any atom is -0.463 e. The second kappa shape index (κ2) is 9.28. The Morgan fingerprint density at radius 3 is 2.53 bits per heavy atom. The Labute approximate surface area is 187 Å². The van der Waals surface area contributed by atoms with E-state index in [1.54, 1.807) is 26.1 Å². The lowest BCUT2D eigenvalue weighted by atomic mass is 9.94. The maximum atomic E-state index is 13.9. The fraction of sp³-hybridized carbons (Fsp3) is 0.522. The molecule has 3 amide bonds. The van der Waals surface area contributed by atoms with Gasteiger partial charge in [-0.25, -0.2) is 14.0 Å². The van der Waals surface area contributed by atoms with Gasteiger partial charge in [0.15, 0.2) is 0 Å². The Morgan fingerprint density at radius 1 is 1.19 bits per heavy atom. The first kappa shape index (κ1) is 22.3. The molecule has 1 aliphatic carbocycles. The molecule has 1 aromatic rings. The van der Waals surface area contributed by atoms with Crippen LogP contribution in [0, 0.1) is 11.7 Å². The van der Waals surface area contributed by atoms with E-state index in [-0.39, 0.29) is 24.5 Å². The second-order valence-corrected chi connectivity index (χ2v) is 8.45. The van der Waals surface area contributed by atoms with Crippen molar-refractivity contribution in [1.82, 2.24) is 20.0 Å². The van der Waals surface area contributed by atoms with E-state index in [9.17, 15) is 18.8 Å². The highest BCUT2D eigenvalue weighted by Gasteiger charge is 2.39. The first-order valence-electron chi connectivity index (χ1n) is 11.1. The maximum absolute atomic E-state index is 13.9. The maximum Gasteiger partial charge on any atom is 0.338 e. The minimum absolute atomic E-state index is 0.186. The number of benzene rings is 1. The molecule has 3 aliphatic rings. The van der Waals surface area contributed by atoms with E-state index < -0.39 is 17.8 Å². The lowest BCUT2D eigenvalue weighted by molar-refractivity contribution is -0.139. The molecule has 1 atom stereocenters. The molecule has 2 aliphatic heterocycles. The molecule has 1 N–H and O–H groups in total. The van der Waals surface area contributed by atoms with E-state index in [0.29, 0.717) is 49.6 Å². The summed E-state index contributed by atoms with van der Waals surface area (Å²) in [6, 6.07) is 4.69. The number of halogens is 1. The highest BCUT2D eigenvalue weighted by Crippen LogP contribution is 2.33. The zero-order valence-corrected chi connectivity index (χ0v) is 18.5. The summed E-state index contributed by atoms with van der Waals surface area (Å²) < 4.78 is 19.2. The molecule has 1 saturated heterocycles.